The van der Waals surface area contributed by atoms with Crippen LogP contribution < -0.4 is 5.32 Å². The van der Waals surface area contributed by atoms with Crippen molar-refractivity contribution in [3.05, 3.63) is 71.5 Å². The van der Waals surface area contributed by atoms with Gasteiger partial charge < -0.3 is 10.1 Å². The van der Waals surface area contributed by atoms with Crippen LogP contribution in [0.3, 0.4) is 0 Å². The monoisotopic (exact) mass is 414 g/mol. The Labute approximate surface area is 170 Å². The fourth-order valence-corrected chi connectivity index (χ4v) is 3.28. The first-order valence-electron chi connectivity index (χ1n) is 8.88. The van der Waals surface area contributed by atoms with E-state index in [1.165, 1.54) is 29.5 Å². The largest absolute Gasteiger partial charge is 0.455 e. The summed E-state index contributed by atoms with van der Waals surface area (Å²) in [6, 6.07) is 11.0. The van der Waals surface area contributed by atoms with E-state index in [2.05, 4.69) is 15.4 Å². The highest BCUT2D eigenvalue weighted by Gasteiger charge is 2.45. The zero-order valence-corrected chi connectivity index (χ0v) is 15.8. The molecule has 1 saturated carbocycles. The molecule has 0 aliphatic heterocycles. The summed E-state index contributed by atoms with van der Waals surface area (Å²) in [5, 5.41) is 7.14. The van der Waals surface area contributed by atoms with Gasteiger partial charge in [0.15, 0.2) is 6.61 Å². The number of aromatic nitrogens is 3. The van der Waals surface area contributed by atoms with Crippen molar-refractivity contribution in [3.8, 4) is 5.69 Å². The summed E-state index contributed by atoms with van der Waals surface area (Å²) in [6.45, 7) is -0.422. The topological polar surface area (TPSA) is 86.1 Å². The molecule has 3 aromatic rings. The molecule has 9 heteroatoms. The van der Waals surface area contributed by atoms with Crippen molar-refractivity contribution in [3.63, 3.8) is 0 Å². The van der Waals surface area contributed by atoms with Gasteiger partial charge in [0.2, 0.25) is 0 Å². The van der Waals surface area contributed by atoms with Crippen LogP contribution in [0.4, 0.5) is 10.1 Å². The van der Waals surface area contributed by atoms with Crippen LogP contribution in [0.2, 0.25) is 5.02 Å². The summed E-state index contributed by atoms with van der Waals surface area (Å²) < 4.78 is 19.6. The molecule has 7 nitrogen and oxygen atoms in total. The van der Waals surface area contributed by atoms with Gasteiger partial charge in [-0.05, 0) is 48.2 Å². The molecule has 1 heterocycles. The van der Waals surface area contributed by atoms with E-state index in [0.29, 0.717) is 22.8 Å². The predicted molar refractivity (Wildman–Crippen MR) is 103 cm³/mol. The molecule has 1 fully saturated rings. The normalized spacial score (nSPS) is 17.6. The van der Waals surface area contributed by atoms with E-state index in [-0.39, 0.29) is 17.7 Å². The van der Waals surface area contributed by atoms with Crippen LogP contribution in [-0.4, -0.2) is 33.2 Å². The molecule has 1 aromatic heterocycles. The standard InChI is InChI=1S/C20H16ClFN4O3/c21-13-3-6-18(26-11-23-10-24-26)17(7-13)25-19(27)9-29-20(28)16-8-15(16)12-1-4-14(22)5-2-12/h1-7,10-11,15-16H,8-9H2,(H,25,27). The maximum Gasteiger partial charge on any atom is 0.310 e. The van der Waals surface area contributed by atoms with Crippen molar-refractivity contribution in [1.82, 2.24) is 14.8 Å². The summed E-state index contributed by atoms with van der Waals surface area (Å²) in [5.41, 5.74) is 1.87. The third-order valence-electron chi connectivity index (χ3n) is 4.64. The Kier molecular flexibility index (Phi) is 5.26. The minimum Gasteiger partial charge on any atom is -0.455 e. The number of halogens is 2. The van der Waals surface area contributed by atoms with E-state index >= 15 is 0 Å². The van der Waals surface area contributed by atoms with Crippen LogP contribution >= 0.6 is 11.6 Å². The van der Waals surface area contributed by atoms with Crippen LogP contribution in [-0.2, 0) is 14.3 Å². The number of ether oxygens (including phenoxy) is 1. The minimum atomic E-state index is -0.499. The van der Waals surface area contributed by atoms with Gasteiger partial charge in [-0.2, -0.15) is 5.10 Å². The van der Waals surface area contributed by atoms with Crippen molar-refractivity contribution in [1.29, 1.82) is 0 Å². The SMILES string of the molecule is O=C(COC(=O)C1CC1c1ccc(F)cc1)Nc1cc(Cl)ccc1-n1cncn1. The van der Waals surface area contributed by atoms with E-state index in [4.69, 9.17) is 16.3 Å². The lowest BCUT2D eigenvalue weighted by molar-refractivity contribution is -0.148. The molecule has 1 aliphatic rings. The van der Waals surface area contributed by atoms with Crippen LogP contribution in [0.15, 0.2) is 55.1 Å². The Morgan fingerprint density at radius 1 is 1.24 bits per heavy atom. The Balaban J connectivity index is 1.34. The first kappa shape index (κ1) is 19.1. The zero-order valence-electron chi connectivity index (χ0n) is 15.1. The van der Waals surface area contributed by atoms with E-state index in [1.54, 1.807) is 30.3 Å². The fraction of sp³-hybridized carbons (Fsp3) is 0.200. The summed E-state index contributed by atoms with van der Waals surface area (Å²) in [7, 11) is 0. The molecule has 0 radical (unpaired) electrons. The van der Waals surface area contributed by atoms with Crippen molar-refractivity contribution in [2.24, 2.45) is 5.92 Å². The molecule has 29 heavy (non-hydrogen) atoms. The van der Waals surface area contributed by atoms with Crippen LogP contribution in [0, 0.1) is 11.7 Å². The van der Waals surface area contributed by atoms with Crippen molar-refractivity contribution >= 4 is 29.2 Å². The number of nitrogens with zero attached hydrogens (tertiary/aromatic N) is 3. The molecule has 0 saturated heterocycles. The highest BCUT2D eigenvalue weighted by Crippen LogP contribution is 2.48. The maximum absolute atomic E-state index is 13.0. The predicted octanol–water partition coefficient (Wildman–Crippen LogP) is 3.35. The number of carbonyl (C=O) groups excluding carboxylic acids is 2. The summed E-state index contributed by atoms with van der Waals surface area (Å²) >= 11 is 6.02. The van der Waals surface area contributed by atoms with Crippen molar-refractivity contribution in [2.45, 2.75) is 12.3 Å². The van der Waals surface area contributed by atoms with Crippen LogP contribution in [0.25, 0.3) is 5.69 Å². The highest BCUT2D eigenvalue weighted by atomic mass is 35.5. The second-order valence-corrected chi connectivity index (χ2v) is 7.09. The minimum absolute atomic E-state index is 0.00184. The van der Waals surface area contributed by atoms with Crippen molar-refractivity contribution < 1.29 is 18.7 Å². The number of anilines is 1. The van der Waals surface area contributed by atoms with Gasteiger partial charge in [0, 0.05) is 5.02 Å². The number of rotatable bonds is 6. The van der Waals surface area contributed by atoms with Crippen LogP contribution in [0.5, 0.6) is 0 Å². The molecular formula is C20H16ClFN4O3. The number of hydrogen-bond donors (Lipinski definition) is 1. The second kappa shape index (κ2) is 8.00. The maximum atomic E-state index is 13.0. The Morgan fingerprint density at radius 2 is 2.03 bits per heavy atom. The molecule has 4 rings (SSSR count). The van der Waals surface area contributed by atoms with Gasteiger partial charge in [0.1, 0.15) is 18.5 Å². The van der Waals surface area contributed by atoms with Gasteiger partial charge in [-0.1, -0.05) is 23.7 Å². The lowest BCUT2D eigenvalue weighted by Gasteiger charge is -2.11. The molecule has 1 N–H and O–H groups in total. The Hall–Kier alpha value is -3.26. The number of benzene rings is 2. The lowest BCUT2D eigenvalue weighted by atomic mass is 10.1. The Bertz CT molecular complexity index is 1040. The molecule has 2 unspecified atom stereocenters. The fourth-order valence-electron chi connectivity index (χ4n) is 3.10. The van der Waals surface area contributed by atoms with Gasteiger partial charge >= 0.3 is 5.97 Å². The number of amides is 1. The van der Waals surface area contributed by atoms with Gasteiger partial charge in [-0.25, -0.2) is 14.1 Å². The summed E-state index contributed by atoms with van der Waals surface area (Å²) in [5.74, 6) is -1.59. The molecule has 1 aliphatic carbocycles. The third kappa shape index (κ3) is 4.43. The quantitative estimate of drug-likeness (QED) is 0.625. The van der Waals surface area contributed by atoms with Gasteiger partial charge in [0.05, 0.1) is 17.3 Å². The van der Waals surface area contributed by atoms with Gasteiger partial charge in [0.25, 0.3) is 5.91 Å². The zero-order chi connectivity index (χ0) is 20.4. The van der Waals surface area contributed by atoms with Gasteiger partial charge in [-0.3, -0.25) is 9.59 Å². The highest BCUT2D eigenvalue weighted by molar-refractivity contribution is 6.31. The number of carbonyl (C=O) groups is 2. The molecule has 0 bridgehead atoms. The second-order valence-electron chi connectivity index (χ2n) is 6.66. The molecule has 0 spiro atoms. The average molecular weight is 415 g/mol. The number of hydrogen-bond acceptors (Lipinski definition) is 5. The molecule has 1 amide bonds. The lowest BCUT2D eigenvalue weighted by Crippen LogP contribution is -2.22. The molecular weight excluding hydrogens is 399 g/mol. The van der Waals surface area contributed by atoms with E-state index in [0.717, 1.165) is 5.56 Å². The van der Waals surface area contributed by atoms with E-state index < -0.39 is 18.5 Å². The van der Waals surface area contributed by atoms with Crippen molar-refractivity contribution in [2.75, 3.05) is 11.9 Å². The Morgan fingerprint density at radius 3 is 2.76 bits per heavy atom. The first-order valence-corrected chi connectivity index (χ1v) is 9.25. The summed E-state index contributed by atoms with van der Waals surface area (Å²) in [6.07, 6.45) is 3.48. The first-order chi connectivity index (χ1) is 14.0. The number of nitrogens with one attached hydrogen (secondary N) is 1. The van der Waals surface area contributed by atoms with Crippen LogP contribution in [0.1, 0.15) is 17.9 Å². The van der Waals surface area contributed by atoms with E-state index in [9.17, 15) is 14.0 Å². The third-order valence-corrected chi connectivity index (χ3v) is 4.87. The van der Waals surface area contributed by atoms with Gasteiger partial charge in [-0.15, -0.1) is 0 Å². The molecule has 148 valence electrons. The summed E-state index contributed by atoms with van der Waals surface area (Å²) in [4.78, 5) is 28.3. The molecule has 2 aromatic carbocycles. The molecule has 2 atom stereocenters. The number of esters is 1. The average Bonchev–Trinajstić information content (AvgIpc) is 3.32. The van der Waals surface area contributed by atoms with E-state index in [1.807, 2.05) is 0 Å². The smallest absolute Gasteiger partial charge is 0.310 e.